The van der Waals surface area contributed by atoms with E-state index in [2.05, 4.69) is 266 Å². The molecule has 0 spiro atoms. The Morgan fingerprint density at radius 1 is 0.303 bits per heavy atom. The van der Waals surface area contributed by atoms with Crippen LogP contribution < -0.4 is 4.90 Å². The van der Waals surface area contributed by atoms with E-state index < -0.39 is 0 Å². The van der Waals surface area contributed by atoms with Crippen molar-refractivity contribution >= 4 is 60.4 Å². The number of fused-ring (bicyclic) bond motifs is 5. The molecule has 66 heavy (non-hydrogen) atoms. The molecule has 2 heteroatoms. The smallest absolute Gasteiger partial charge is 0.0541 e. The first-order chi connectivity index (χ1) is 32.6. The maximum Gasteiger partial charge on any atom is 0.0541 e. The van der Waals surface area contributed by atoms with Crippen molar-refractivity contribution in [2.75, 3.05) is 4.90 Å². The molecule has 0 fully saturated rings. The Labute approximate surface area is 385 Å². The highest BCUT2D eigenvalue weighted by Crippen LogP contribution is 2.47. The monoisotopic (exact) mass is 842 g/mol. The highest BCUT2D eigenvalue weighted by Gasteiger charge is 2.22. The average molecular weight is 843 g/mol. The predicted octanol–water partition coefficient (Wildman–Crippen LogP) is 17.8. The molecule has 0 radical (unpaired) electrons. The summed E-state index contributed by atoms with van der Waals surface area (Å²) in [7, 11) is 0. The van der Waals surface area contributed by atoms with Crippen LogP contribution in [0.2, 0.25) is 0 Å². The van der Waals surface area contributed by atoms with Crippen LogP contribution in [-0.2, 0) is 0 Å². The zero-order valence-electron chi connectivity index (χ0n) is 37.0. The summed E-state index contributed by atoms with van der Waals surface area (Å²) in [5, 5.41) is 7.53. The van der Waals surface area contributed by atoms with Gasteiger partial charge in [0.1, 0.15) is 0 Å². The molecule has 11 aromatic carbocycles. The summed E-state index contributed by atoms with van der Waals surface area (Å²) in [4.78, 5) is 2.41. The van der Waals surface area contributed by atoms with Crippen molar-refractivity contribution in [1.29, 1.82) is 0 Å². The Morgan fingerprint density at radius 3 is 1.23 bits per heavy atom. The molecule has 312 valence electrons. The van der Waals surface area contributed by atoms with Crippen molar-refractivity contribution in [3.63, 3.8) is 0 Å². The molecule has 12 aromatic rings. The molecule has 0 N–H and O–H groups in total. The molecule has 2 nitrogen and oxygen atoms in total. The van der Waals surface area contributed by atoms with E-state index in [0.29, 0.717) is 0 Å². The Kier molecular flexibility index (Phi) is 9.65. The van der Waals surface area contributed by atoms with Crippen molar-refractivity contribution in [2.45, 2.75) is 13.8 Å². The first-order valence-corrected chi connectivity index (χ1v) is 22.8. The number of para-hydroxylation sites is 1. The Hall–Kier alpha value is -8.46. The standard InChI is InChI=1S/C64H46N2/c1-43-40-62(44(2)39-57(43)64-55-29-17-15-27-53(55)63(47-23-11-5-12-24-47)54-28-16-18-30-56(54)64)65(50-25-13-6-14-26-50)51-33-35-52(36-34-51)66-60-37-31-48(45-19-7-3-8-20-45)41-58(60)59-42-49(32-38-61(59)66)46-21-9-4-10-22-46/h3-42H,1-2H3. The molecule has 0 aliphatic rings. The van der Waals surface area contributed by atoms with E-state index in [1.807, 2.05) is 0 Å². The quantitative estimate of drug-likeness (QED) is 0.138. The molecule has 0 unspecified atom stereocenters. The molecule has 1 heterocycles. The van der Waals surface area contributed by atoms with Gasteiger partial charge in [0.15, 0.2) is 0 Å². The summed E-state index contributed by atoms with van der Waals surface area (Å²) in [5.74, 6) is 0. The lowest BCUT2D eigenvalue weighted by atomic mass is 9.84. The average Bonchev–Trinajstić information content (AvgIpc) is 3.71. The zero-order chi connectivity index (χ0) is 44.1. The second-order valence-electron chi connectivity index (χ2n) is 17.4. The maximum absolute atomic E-state index is 2.42. The van der Waals surface area contributed by atoms with Gasteiger partial charge < -0.3 is 9.47 Å². The van der Waals surface area contributed by atoms with Gasteiger partial charge in [-0.05, 0) is 164 Å². The van der Waals surface area contributed by atoms with Gasteiger partial charge in [-0.2, -0.15) is 0 Å². The number of hydrogen-bond acceptors (Lipinski definition) is 1. The van der Waals surface area contributed by atoms with Crippen molar-refractivity contribution in [1.82, 2.24) is 4.57 Å². The number of hydrogen-bond donors (Lipinski definition) is 0. The van der Waals surface area contributed by atoms with Crippen molar-refractivity contribution in [2.24, 2.45) is 0 Å². The predicted molar refractivity (Wildman–Crippen MR) is 282 cm³/mol. The zero-order valence-corrected chi connectivity index (χ0v) is 37.0. The largest absolute Gasteiger partial charge is 0.310 e. The van der Waals surface area contributed by atoms with Crippen LogP contribution in [0.15, 0.2) is 243 Å². The van der Waals surface area contributed by atoms with Gasteiger partial charge >= 0.3 is 0 Å². The van der Waals surface area contributed by atoms with Gasteiger partial charge in [-0.15, -0.1) is 0 Å². The van der Waals surface area contributed by atoms with Gasteiger partial charge in [0, 0.05) is 33.5 Å². The van der Waals surface area contributed by atoms with Crippen LogP contribution in [-0.4, -0.2) is 4.57 Å². The second kappa shape index (κ2) is 16.3. The first kappa shape index (κ1) is 39.2. The highest BCUT2D eigenvalue weighted by molar-refractivity contribution is 6.21. The SMILES string of the molecule is Cc1cc(N(c2ccccc2)c2ccc(-n3c4ccc(-c5ccccc5)cc4c4cc(-c5ccccc5)ccc43)cc2)c(C)cc1-c1c2ccccc2c(-c2ccccc2)c2ccccc12. The number of nitrogens with zero attached hydrogens (tertiary/aromatic N) is 2. The Balaban J connectivity index is 0.994. The van der Waals surface area contributed by atoms with E-state index in [0.717, 1.165) is 22.7 Å². The second-order valence-corrected chi connectivity index (χ2v) is 17.4. The minimum Gasteiger partial charge on any atom is -0.310 e. The third kappa shape index (κ3) is 6.66. The summed E-state index contributed by atoms with van der Waals surface area (Å²) in [6, 6.07) is 88.6. The van der Waals surface area contributed by atoms with Crippen molar-refractivity contribution in [3.05, 3.63) is 254 Å². The highest BCUT2D eigenvalue weighted by atomic mass is 15.1. The summed E-state index contributed by atoms with van der Waals surface area (Å²) >= 11 is 0. The minimum absolute atomic E-state index is 1.10. The molecule has 0 saturated heterocycles. The maximum atomic E-state index is 2.42. The summed E-state index contributed by atoms with van der Waals surface area (Å²) in [5.41, 5.74) is 19.2. The third-order valence-corrected chi connectivity index (χ3v) is 13.4. The number of aromatic nitrogens is 1. The molecule has 12 rings (SSSR count). The van der Waals surface area contributed by atoms with E-state index in [1.165, 1.54) is 99.0 Å². The van der Waals surface area contributed by atoms with E-state index in [4.69, 9.17) is 0 Å². The van der Waals surface area contributed by atoms with Crippen LogP contribution in [0.3, 0.4) is 0 Å². The number of benzene rings is 11. The lowest BCUT2D eigenvalue weighted by Crippen LogP contribution is -2.12. The molecule has 0 saturated carbocycles. The van der Waals surface area contributed by atoms with Gasteiger partial charge in [0.2, 0.25) is 0 Å². The van der Waals surface area contributed by atoms with Crippen LogP contribution in [0.1, 0.15) is 11.1 Å². The molecule has 0 bridgehead atoms. The summed E-state index contributed by atoms with van der Waals surface area (Å²) in [6.45, 7) is 4.53. The van der Waals surface area contributed by atoms with Gasteiger partial charge in [-0.25, -0.2) is 0 Å². The summed E-state index contributed by atoms with van der Waals surface area (Å²) < 4.78 is 2.42. The van der Waals surface area contributed by atoms with Gasteiger partial charge in [-0.1, -0.05) is 170 Å². The molecule has 0 aliphatic carbocycles. The fraction of sp³-hybridized carbons (Fsp3) is 0.0312. The fourth-order valence-electron chi connectivity index (χ4n) is 10.3. The van der Waals surface area contributed by atoms with E-state index in [1.54, 1.807) is 0 Å². The van der Waals surface area contributed by atoms with Crippen LogP contribution in [0.25, 0.3) is 93.5 Å². The summed E-state index contributed by atoms with van der Waals surface area (Å²) in [6.07, 6.45) is 0. The fourth-order valence-corrected chi connectivity index (χ4v) is 10.3. The van der Waals surface area contributed by atoms with Crippen LogP contribution in [0, 0.1) is 13.8 Å². The third-order valence-electron chi connectivity index (χ3n) is 13.4. The van der Waals surface area contributed by atoms with Gasteiger partial charge in [-0.3, -0.25) is 0 Å². The molecule has 1 aromatic heterocycles. The van der Waals surface area contributed by atoms with Crippen LogP contribution in [0.4, 0.5) is 17.1 Å². The Morgan fingerprint density at radius 2 is 0.727 bits per heavy atom. The molecular weight excluding hydrogens is 797 g/mol. The molecule has 0 amide bonds. The number of aryl methyl sites for hydroxylation is 2. The molecule has 0 atom stereocenters. The van der Waals surface area contributed by atoms with Gasteiger partial charge in [0.25, 0.3) is 0 Å². The minimum atomic E-state index is 1.10. The van der Waals surface area contributed by atoms with Crippen molar-refractivity contribution in [3.8, 4) is 50.2 Å². The topological polar surface area (TPSA) is 8.17 Å². The molecular formula is C64H46N2. The molecule has 0 aliphatic heterocycles. The normalized spacial score (nSPS) is 11.5. The number of rotatable bonds is 8. The lowest BCUT2D eigenvalue weighted by molar-refractivity contribution is 1.17. The first-order valence-electron chi connectivity index (χ1n) is 22.8. The number of anilines is 3. The van der Waals surface area contributed by atoms with Crippen LogP contribution >= 0.6 is 0 Å². The Bertz CT molecular complexity index is 3590. The van der Waals surface area contributed by atoms with Crippen LogP contribution in [0.5, 0.6) is 0 Å². The lowest BCUT2D eigenvalue weighted by Gasteiger charge is -2.29. The van der Waals surface area contributed by atoms with E-state index in [9.17, 15) is 0 Å². The van der Waals surface area contributed by atoms with Gasteiger partial charge in [0.05, 0.1) is 11.0 Å². The van der Waals surface area contributed by atoms with E-state index in [-0.39, 0.29) is 0 Å². The van der Waals surface area contributed by atoms with Crippen molar-refractivity contribution < 1.29 is 0 Å². The van der Waals surface area contributed by atoms with E-state index >= 15 is 0 Å².